The molecule has 1 amide bonds. The molecule has 0 aromatic carbocycles. The lowest BCUT2D eigenvalue weighted by Gasteiger charge is -2.20. The van der Waals surface area contributed by atoms with Crippen LogP contribution in [-0.2, 0) is 0 Å². The first-order valence-corrected chi connectivity index (χ1v) is 7.78. The summed E-state index contributed by atoms with van der Waals surface area (Å²) in [4.78, 5) is 20.8. The van der Waals surface area contributed by atoms with Crippen LogP contribution in [0.4, 0.5) is 5.82 Å². The number of pyridine rings is 1. The molecule has 0 radical (unpaired) electrons. The second kappa shape index (κ2) is 6.27. The summed E-state index contributed by atoms with van der Waals surface area (Å²) in [6, 6.07) is 3.75. The molecule has 22 heavy (non-hydrogen) atoms. The number of amides is 1. The molecule has 0 unspecified atom stereocenters. The molecule has 2 aromatic heterocycles. The monoisotopic (exact) mass is 319 g/mol. The van der Waals surface area contributed by atoms with Gasteiger partial charge in [0.25, 0.3) is 5.91 Å². The van der Waals surface area contributed by atoms with Gasteiger partial charge in [-0.2, -0.15) is 0 Å². The van der Waals surface area contributed by atoms with Gasteiger partial charge in [0.15, 0.2) is 11.6 Å². The van der Waals surface area contributed by atoms with Crippen LogP contribution in [0.1, 0.15) is 16.1 Å². The van der Waals surface area contributed by atoms with Crippen LogP contribution in [0.3, 0.4) is 0 Å². The third-order valence-corrected chi connectivity index (χ3v) is 4.13. The maximum atomic E-state index is 12.3. The van der Waals surface area contributed by atoms with Crippen molar-refractivity contribution in [1.82, 2.24) is 19.5 Å². The fourth-order valence-electron chi connectivity index (χ4n) is 2.42. The summed E-state index contributed by atoms with van der Waals surface area (Å²) >= 11 is 1.12. The first kappa shape index (κ1) is 14.7. The van der Waals surface area contributed by atoms with E-state index in [1.165, 1.54) is 6.20 Å². The van der Waals surface area contributed by atoms with Crippen LogP contribution in [0.25, 0.3) is 0 Å². The number of carbonyl (C=O) groups excluding carboxylic acids is 1. The van der Waals surface area contributed by atoms with E-state index in [1.54, 1.807) is 11.1 Å². The topological polar surface area (TPSA) is 71.5 Å². The van der Waals surface area contributed by atoms with Crippen LogP contribution in [0.2, 0.25) is 0 Å². The number of carbonyl (C=O) groups is 1. The molecule has 1 saturated heterocycles. The Kier molecular flexibility index (Phi) is 4.19. The molecule has 1 aliphatic rings. The quantitative estimate of drug-likeness (QED) is 0.846. The zero-order valence-electron chi connectivity index (χ0n) is 12.5. The predicted octanol–water partition coefficient (Wildman–Crippen LogP) is 1.29. The Labute approximate surface area is 132 Å². The van der Waals surface area contributed by atoms with Crippen LogP contribution in [0.5, 0.6) is 5.75 Å². The van der Waals surface area contributed by atoms with Gasteiger partial charge in [-0.1, -0.05) is 4.49 Å². The fourth-order valence-corrected chi connectivity index (χ4v) is 2.90. The maximum Gasteiger partial charge on any atom is 0.267 e. The average Bonchev–Trinajstić information content (AvgIpc) is 3.18. The summed E-state index contributed by atoms with van der Waals surface area (Å²) in [5.74, 6) is 1.50. The lowest BCUT2D eigenvalue weighted by Crippen LogP contribution is -2.30. The zero-order chi connectivity index (χ0) is 15.5. The number of likely N-dealkylation sites (tertiary alicyclic amines) is 1. The van der Waals surface area contributed by atoms with Crippen LogP contribution in [0, 0.1) is 0 Å². The summed E-state index contributed by atoms with van der Waals surface area (Å²) in [5, 5.41) is 3.71. The predicted molar refractivity (Wildman–Crippen MR) is 83.4 cm³/mol. The average molecular weight is 319 g/mol. The Hall–Kier alpha value is -2.22. The third-order valence-electron chi connectivity index (χ3n) is 3.47. The molecule has 1 fully saturated rings. The second-order valence-electron chi connectivity index (χ2n) is 5.28. The Bertz CT molecular complexity index is 646. The maximum absolute atomic E-state index is 12.3. The van der Waals surface area contributed by atoms with Gasteiger partial charge in [-0.3, -0.25) is 4.79 Å². The zero-order valence-corrected chi connectivity index (χ0v) is 13.3. The van der Waals surface area contributed by atoms with Gasteiger partial charge >= 0.3 is 0 Å². The number of hydrogen-bond acceptors (Lipinski definition) is 7. The Morgan fingerprint density at radius 1 is 1.50 bits per heavy atom. The Balaban J connectivity index is 1.65. The smallest absolute Gasteiger partial charge is 0.267 e. The first-order valence-electron chi connectivity index (χ1n) is 7.01. The van der Waals surface area contributed by atoms with E-state index in [4.69, 9.17) is 4.74 Å². The van der Waals surface area contributed by atoms with E-state index in [0.717, 1.165) is 29.5 Å². The third kappa shape index (κ3) is 3.01. The molecule has 0 N–H and O–H groups in total. The highest BCUT2D eigenvalue weighted by atomic mass is 32.1. The number of nitrogens with zero attached hydrogens (tertiary/aromatic N) is 5. The van der Waals surface area contributed by atoms with E-state index in [1.807, 2.05) is 31.1 Å². The van der Waals surface area contributed by atoms with Crippen molar-refractivity contribution in [3.63, 3.8) is 0 Å². The van der Waals surface area contributed by atoms with Gasteiger partial charge in [-0.05, 0) is 23.7 Å². The first-order chi connectivity index (χ1) is 10.6. The Morgan fingerprint density at radius 3 is 3.09 bits per heavy atom. The number of ether oxygens (including phenoxy) is 1. The summed E-state index contributed by atoms with van der Waals surface area (Å²) in [5.41, 5.74) is 0. The number of rotatable bonds is 4. The van der Waals surface area contributed by atoms with Crippen LogP contribution >= 0.6 is 11.5 Å². The van der Waals surface area contributed by atoms with Gasteiger partial charge in [0, 0.05) is 33.3 Å². The van der Waals surface area contributed by atoms with Crippen LogP contribution in [-0.4, -0.2) is 58.7 Å². The van der Waals surface area contributed by atoms with Gasteiger partial charge in [0.2, 0.25) is 0 Å². The summed E-state index contributed by atoms with van der Waals surface area (Å²) in [6.45, 7) is 1.25. The van der Waals surface area contributed by atoms with E-state index in [0.29, 0.717) is 18.0 Å². The van der Waals surface area contributed by atoms with E-state index >= 15 is 0 Å². The minimum atomic E-state index is -0.0277. The number of aromatic nitrogens is 3. The molecular weight excluding hydrogens is 302 g/mol. The van der Waals surface area contributed by atoms with Gasteiger partial charge in [-0.25, -0.2) is 4.98 Å². The van der Waals surface area contributed by atoms with Gasteiger partial charge in [0.05, 0.1) is 12.7 Å². The van der Waals surface area contributed by atoms with Crippen LogP contribution in [0.15, 0.2) is 24.5 Å². The van der Waals surface area contributed by atoms with Gasteiger partial charge in [-0.15, -0.1) is 5.10 Å². The molecule has 116 valence electrons. The normalized spacial score (nSPS) is 17.5. The SMILES string of the molecule is CN(C)c1ncccc1O[C@@H]1CCN(C(=O)c2cnns2)C1. The molecule has 0 aliphatic carbocycles. The number of anilines is 1. The van der Waals surface area contributed by atoms with Crippen LogP contribution < -0.4 is 9.64 Å². The standard InChI is InChI=1S/C14H17N5O2S/c1-18(2)13-11(4-3-6-15-13)21-10-5-7-19(9-10)14(20)12-8-16-17-22-12/h3-4,6,8,10H,5,7,9H2,1-2H3/t10-/m1/s1. The summed E-state index contributed by atoms with van der Waals surface area (Å²) in [6.07, 6.45) is 4.03. The molecule has 2 aromatic rings. The lowest BCUT2D eigenvalue weighted by atomic mass is 10.3. The fraction of sp³-hybridized carbons (Fsp3) is 0.429. The number of hydrogen-bond donors (Lipinski definition) is 0. The molecule has 7 nitrogen and oxygen atoms in total. The summed E-state index contributed by atoms with van der Waals surface area (Å²) < 4.78 is 9.77. The van der Waals surface area contributed by atoms with Crippen molar-refractivity contribution < 1.29 is 9.53 Å². The molecular formula is C14H17N5O2S. The summed E-state index contributed by atoms with van der Waals surface area (Å²) in [7, 11) is 3.85. The van der Waals surface area contributed by atoms with Crippen molar-refractivity contribution in [2.24, 2.45) is 0 Å². The van der Waals surface area contributed by atoms with Crippen molar-refractivity contribution in [3.05, 3.63) is 29.4 Å². The van der Waals surface area contributed by atoms with Crippen molar-refractivity contribution >= 4 is 23.3 Å². The molecule has 0 saturated carbocycles. The van der Waals surface area contributed by atoms with Crippen molar-refractivity contribution in [2.75, 3.05) is 32.1 Å². The molecule has 0 bridgehead atoms. The minimum absolute atomic E-state index is 0.0206. The van der Waals surface area contributed by atoms with E-state index < -0.39 is 0 Å². The van der Waals surface area contributed by atoms with E-state index in [-0.39, 0.29) is 12.0 Å². The van der Waals surface area contributed by atoms with E-state index in [9.17, 15) is 4.79 Å². The Morgan fingerprint density at radius 2 is 2.36 bits per heavy atom. The molecule has 0 spiro atoms. The second-order valence-corrected chi connectivity index (χ2v) is 6.07. The molecule has 8 heteroatoms. The molecule has 1 atom stereocenters. The van der Waals surface area contributed by atoms with E-state index in [2.05, 4.69) is 14.6 Å². The molecule has 3 rings (SSSR count). The largest absolute Gasteiger partial charge is 0.485 e. The highest BCUT2D eigenvalue weighted by Gasteiger charge is 2.29. The van der Waals surface area contributed by atoms with Crippen molar-refractivity contribution in [2.45, 2.75) is 12.5 Å². The van der Waals surface area contributed by atoms with Crippen molar-refractivity contribution in [3.8, 4) is 5.75 Å². The minimum Gasteiger partial charge on any atom is -0.485 e. The highest BCUT2D eigenvalue weighted by Crippen LogP contribution is 2.27. The van der Waals surface area contributed by atoms with Crippen molar-refractivity contribution in [1.29, 1.82) is 0 Å². The van der Waals surface area contributed by atoms with Gasteiger partial charge in [0.1, 0.15) is 11.0 Å². The molecule has 3 heterocycles. The lowest BCUT2D eigenvalue weighted by molar-refractivity contribution is 0.0777. The van der Waals surface area contributed by atoms with Gasteiger partial charge < -0.3 is 14.5 Å². The highest BCUT2D eigenvalue weighted by molar-refractivity contribution is 7.07. The molecule has 1 aliphatic heterocycles.